The number of rotatable bonds is 33. The van der Waals surface area contributed by atoms with E-state index in [0.717, 1.165) is 51.1 Å². The van der Waals surface area contributed by atoms with Crippen molar-refractivity contribution in [1.29, 1.82) is 0 Å². The van der Waals surface area contributed by atoms with Crippen molar-refractivity contribution in [2.24, 2.45) is 0 Å². The Bertz CT molecular complexity index is 679. The first-order valence-electron chi connectivity index (χ1n) is 19.3. The van der Waals surface area contributed by atoms with E-state index in [1.807, 2.05) is 0 Å². The topological polar surface area (TPSA) is 23.6 Å². The van der Waals surface area contributed by atoms with Gasteiger partial charge in [-0.05, 0) is 91.1 Å². The van der Waals surface area contributed by atoms with E-state index in [2.05, 4.69) is 86.4 Å². The average molecular weight is 645 g/mol. The standard InChI is InChI=1S/C41H76N2OS/c1-5-7-9-11-13-15-17-19-21-23-25-27-29-31-33-35-37-43(41(44)45-40-39-42(3)4)38-36-34-32-30-28-26-24-22-20-18-16-14-12-10-8-6-2/h15-18,21-24H,5-14,19-20,25-40H2,1-4H3. The molecule has 0 radical (unpaired) electrons. The maximum Gasteiger partial charge on any atom is 0.281 e. The second-order valence-corrected chi connectivity index (χ2v) is 14.1. The van der Waals surface area contributed by atoms with Gasteiger partial charge in [0, 0.05) is 25.4 Å². The zero-order valence-electron chi connectivity index (χ0n) is 30.6. The normalized spacial score (nSPS) is 12.3. The predicted molar refractivity (Wildman–Crippen MR) is 207 cm³/mol. The van der Waals surface area contributed by atoms with Crippen LogP contribution < -0.4 is 0 Å². The maximum atomic E-state index is 13.0. The minimum atomic E-state index is 0.289. The van der Waals surface area contributed by atoms with Crippen molar-refractivity contribution in [3.8, 4) is 0 Å². The Morgan fingerprint density at radius 3 is 1.20 bits per heavy atom. The van der Waals surface area contributed by atoms with Crippen LogP contribution in [-0.4, -0.2) is 54.5 Å². The lowest BCUT2D eigenvalue weighted by atomic mass is 10.1. The van der Waals surface area contributed by atoms with Gasteiger partial charge < -0.3 is 9.80 Å². The molecule has 0 aromatic heterocycles. The molecule has 0 unspecified atom stereocenters. The molecule has 1 amide bonds. The molecule has 45 heavy (non-hydrogen) atoms. The van der Waals surface area contributed by atoms with Crippen LogP contribution in [0.2, 0.25) is 0 Å². The molecule has 3 nitrogen and oxygen atoms in total. The van der Waals surface area contributed by atoms with Crippen molar-refractivity contribution in [1.82, 2.24) is 9.80 Å². The smallest absolute Gasteiger partial charge is 0.281 e. The summed E-state index contributed by atoms with van der Waals surface area (Å²) in [7, 11) is 4.16. The van der Waals surface area contributed by atoms with E-state index < -0.39 is 0 Å². The van der Waals surface area contributed by atoms with Gasteiger partial charge in [0.05, 0.1) is 0 Å². The highest BCUT2D eigenvalue weighted by Gasteiger charge is 2.13. The van der Waals surface area contributed by atoms with E-state index in [9.17, 15) is 4.79 Å². The van der Waals surface area contributed by atoms with Crippen molar-refractivity contribution in [3.63, 3.8) is 0 Å². The first kappa shape index (κ1) is 43.7. The molecule has 0 saturated carbocycles. The molecule has 0 aromatic carbocycles. The molecule has 0 rings (SSSR count). The zero-order valence-corrected chi connectivity index (χ0v) is 31.4. The van der Waals surface area contributed by atoms with Crippen molar-refractivity contribution in [2.75, 3.05) is 39.5 Å². The van der Waals surface area contributed by atoms with Gasteiger partial charge >= 0.3 is 0 Å². The Balaban J connectivity index is 4.00. The molecule has 0 saturated heterocycles. The zero-order chi connectivity index (χ0) is 32.9. The van der Waals surface area contributed by atoms with Crippen molar-refractivity contribution in [2.45, 2.75) is 168 Å². The van der Waals surface area contributed by atoms with Gasteiger partial charge in [0.25, 0.3) is 5.24 Å². The summed E-state index contributed by atoms with van der Waals surface area (Å²) in [5.41, 5.74) is 0. The largest absolute Gasteiger partial charge is 0.334 e. The molecule has 0 aliphatic rings. The first-order valence-corrected chi connectivity index (χ1v) is 20.3. The Morgan fingerprint density at radius 1 is 0.467 bits per heavy atom. The number of carbonyl (C=O) groups excluding carboxylic acids is 1. The molecule has 0 atom stereocenters. The van der Waals surface area contributed by atoms with Gasteiger partial charge in [-0.3, -0.25) is 4.79 Å². The summed E-state index contributed by atoms with van der Waals surface area (Å²) >= 11 is 1.51. The summed E-state index contributed by atoms with van der Waals surface area (Å²) in [6.07, 6.45) is 49.0. The van der Waals surface area contributed by atoms with E-state index in [-0.39, 0.29) is 5.24 Å². The number of amides is 1. The molecule has 0 bridgehead atoms. The summed E-state index contributed by atoms with van der Waals surface area (Å²) < 4.78 is 0. The van der Waals surface area contributed by atoms with Gasteiger partial charge in [-0.15, -0.1) is 0 Å². The van der Waals surface area contributed by atoms with Crippen LogP contribution in [0.25, 0.3) is 0 Å². The number of carbonyl (C=O) groups is 1. The van der Waals surface area contributed by atoms with Gasteiger partial charge in [0.2, 0.25) is 0 Å². The summed E-state index contributed by atoms with van der Waals surface area (Å²) in [5.74, 6) is 0.882. The number of thioether (sulfide) groups is 1. The Labute approximate surface area is 286 Å². The molecule has 0 heterocycles. The highest BCUT2D eigenvalue weighted by molar-refractivity contribution is 8.13. The summed E-state index contributed by atoms with van der Waals surface area (Å²) in [6, 6.07) is 0. The minimum absolute atomic E-state index is 0.289. The fraction of sp³-hybridized carbons (Fsp3) is 0.780. The fourth-order valence-corrected chi connectivity index (χ4v) is 6.28. The Kier molecular flexibility index (Phi) is 36.2. The number of unbranched alkanes of at least 4 members (excludes halogenated alkanes) is 18. The molecule has 262 valence electrons. The monoisotopic (exact) mass is 645 g/mol. The number of nitrogens with zero attached hydrogens (tertiary/aromatic N) is 2. The first-order chi connectivity index (χ1) is 22.1. The maximum absolute atomic E-state index is 13.0. The molecule has 0 N–H and O–H groups in total. The average Bonchev–Trinajstić information content (AvgIpc) is 3.03. The van der Waals surface area contributed by atoms with E-state index in [1.54, 1.807) is 0 Å². The molecule has 4 heteroatoms. The SMILES string of the molecule is CCCCCCC=CCC=CCCCCCCCN(CCCCCCCC=CCC=CCCCCCC)C(=O)SCCN(C)C. The third-order valence-corrected chi connectivity index (χ3v) is 9.17. The van der Waals surface area contributed by atoms with Crippen LogP contribution in [0, 0.1) is 0 Å². The van der Waals surface area contributed by atoms with Gasteiger partial charge in [-0.1, -0.05) is 151 Å². The second kappa shape index (κ2) is 37.2. The van der Waals surface area contributed by atoms with Crippen LogP contribution in [0.15, 0.2) is 48.6 Å². The van der Waals surface area contributed by atoms with Crippen LogP contribution in [-0.2, 0) is 0 Å². The lowest BCUT2D eigenvalue weighted by molar-refractivity contribution is 0.220. The third-order valence-electron chi connectivity index (χ3n) is 8.28. The van der Waals surface area contributed by atoms with Gasteiger partial charge in [-0.25, -0.2) is 0 Å². The Hall–Kier alpha value is -1.26. The molecular weight excluding hydrogens is 569 g/mol. The Morgan fingerprint density at radius 2 is 0.822 bits per heavy atom. The van der Waals surface area contributed by atoms with Crippen molar-refractivity contribution in [3.05, 3.63) is 48.6 Å². The fourth-order valence-electron chi connectivity index (χ4n) is 5.28. The van der Waals surface area contributed by atoms with Crippen LogP contribution in [0.3, 0.4) is 0 Å². The van der Waals surface area contributed by atoms with E-state index in [1.165, 1.54) is 140 Å². The molecule has 0 spiro atoms. The van der Waals surface area contributed by atoms with Crippen LogP contribution in [0.4, 0.5) is 4.79 Å². The molecule has 0 aliphatic heterocycles. The van der Waals surface area contributed by atoms with E-state index >= 15 is 0 Å². The van der Waals surface area contributed by atoms with Crippen molar-refractivity contribution >= 4 is 17.0 Å². The van der Waals surface area contributed by atoms with Gasteiger partial charge in [-0.2, -0.15) is 0 Å². The number of hydrogen-bond donors (Lipinski definition) is 0. The van der Waals surface area contributed by atoms with E-state index in [0.29, 0.717) is 0 Å². The van der Waals surface area contributed by atoms with Crippen molar-refractivity contribution < 1.29 is 4.79 Å². The quantitative estimate of drug-likeness (QED) is 0.0524. The van der Waals surface area contributed by atoms with Gasteiger partial charge in [0.1, 0.15) is 0 Å². The third kappa shape index (κ3) is 35.4. The lowest BCUT2D eigenvalue weighted by Gasteiger charge is -2.22. The summed E-state index contributed by atoms with van der Waals surface area (Å²) in [6.45, 7) is 7.35. The predicted octanol–water partition coefficient (Wildman–Crippen LogP) is 13.3. The molecule has 0 aliphatic carbocycles. The lowest BCUT2D eigenvalue weighted by Crippen LogP contribution is -2.30. The number of hydrogen-bond acceptors (Lipinski definition) is 3. The number of allylic oxidation sites excluding steroid dienone is 8. The summed E-state index contributed by atoms with van der Waals surface area (Å²) in [5, 5.41) is 0.289. The highest BCUT2D eigenvalue weighted by Crippen LogP contribution is 2.15. The summed E-state index contributed by atoms with van der Waals surface area (Å²) in [4.78, 5) is 17.3. The second-order valence-electron chi connectivity index (χ2n) is 13.1. The van der Waals surface area contributed by atoms with E-state index in [4.69, 9.17) is 0 Å². The highest BCUT2D eigenvalue weighted by atomic mass is 32.2. The molecular formula is C41H76N2OS. The molecule has 0 aromatic rings. The van der Waals surface area contributed by atoms with Gasteiger partial charge in [0.15, 0.2) is 0 Å². The van der Waals surface area contributed by atoms with Crippen LogP contribution in [0.1, 0.15) is 168 Å². The molecule has 0 fully saturated rings. The minimum Gasteiger partial charge on any atom is -0.334 e. The van der Waals surface area contributed by atoms with Crippen LogP contribution in [0.5, 0.6) is 0 Å². The van der Waals surface area contributed by atoms with Crippen LogP contribution >= 0.6 is 11.8 Å².